The van der Waals surface area contributed by atoms with Crippen molar-refractivity contribution in [1.29, 1.82) is 0 Å². The molecule has 0 saturated carbocycles. The normalized spacial score (nSPS) is 13.4. The third kappa shape index (κ3) is 4.53. The SMILES string of the molecule is CCSc1ccccc1C(N[C@H](C)c1ccccc1)c1ccccc1. The van der Waals surface area contributed by atoms with Gasteiger partial charge in [0.05, 0.1) is 6.04 Å². The monoisotopic (exact) mass is 347 g/mol. The van der Waals surface area contributed by atoms with Crippen molar-refractivity contribution in [2.24, 2.45) is 0 Å². The molecule has 3 aromatic rings. The second-order valence-corrected chi connectivity index (χ2v) is 7.42. The fraction of sp³-hybridized carbons (Fsp3) is 0.217. The lowest BCUT2D eigenvalue weighted by Crippen LogP contribution is -2.26. The van der Waals surface area contributed by atoms with Gasteiger partial charge in [0.1, 0.15) is 0 Å². The third-order valence-corrected chi connectivity index (χ3v) is 5.35. The molecule has 2 atom stereocenters. The van der Waals surface area contributed by atoms with E-state index in [1.54, 1.807) is 0 Å². The number of hydrogen-bond acceptors (Lipinski definition) is 2. The molecule has 0 heterocycles. The fourth-order valence-corrected chi connectivity index (χ4v) is 3.94. The van der Waals surface area contributed by atoms with Crippen LogP contribution < -0.4 is 5.32 Å². The molecule has 0 radical (unpaired) electrons. The van der Waals surface area contributed by atoms with Crippen molar-refractivity contribution in [3.63, 3.8) is 0 Å². The molecule has 1 N–H and O–H groups in total. The molecular weight excluding hydrogens is 322 g/mol. The van der Waals surface area contributed by atoms with Crippen molar-refractivity contribution in [1.82, 2.24) is 5.32 Å². The van der Waals surface area contributed by atoms with Gasteiger partial charge < -0.3 is 0 Å². The minimum absolute atomic E-state index is 0.173. The maximum absolute atomic E-state index is 3.85. The van der Waals surface area contributed by atoms with E-state index in [9.17, 15) is 0 Å². The van der Waals surface area contributed by atoms with Crippen LogP contribution in [0, 0.1) is 0 Å². The molecule has 1 nitrogen and oxygen atoms in total. The van der Waals surface area contributed by atoms with Crippen molar-refractivity contribution < 1.29 is 0 Å². The molecular formula is C23H25NS. The number of hydrogen-bond donors (Lipinski definition) is 1. The second-order valence-electron chi connectivity index (χ2n) is 6.11. The number of thioether (sulfide) groups is 1. The standard InChI is InChI=1S/C23H25NS/c1-3-25-22-17-11-10-16-21(22)23(20-14-8-5-9-15-20)24-18(2)19-12-6-4-7-13-19/h4-18,23-24H,3H2,1-2H3/t18-,23?/m1/s1. The van der Waals surface area contributed by atoms with Gasteiger partial charge in [-0.2, -0.15) is 0 Å². The van der Waals surface area contributed by atoms with Crippen molar-refractivity contribution in [2.45, 2.75) is 30.8 Å². The molecule has 0 saturated heterocycles. The zero-order valence-electron chi connectivity index (χ0n) is 14.9. The predicted octanol–water partition coefficient (Wildman–Crippen LogP) is 6.24. The quantitative estimate of drug-likeness (QED) is 0.508. The molecule has 3 rings (SSSR count). The lowest BCUT2D eigenvalue weighted by atomic mass is 9.96. The highest BCUT2D eigenvalue weighted by Gasteiger charge is 2.19. The van der Waals surface area contributed by atoms with E-state index in [0.717, 1.165) is 5.75 Å². The van der Waals surface area contributed by atoms with E-state index >= 15 is 0 Å². The Kier molecular flexibility index (Phi) is 6.32. The molecule has 25 heavy (non-hydrogen) atoms. The van der Waals surface area contributed by atoms with E-state index in [4.69, 9.17) is 0 Å². The highest BCUT2D eigenvalue weighted by atomic mass is 32.2. The van der Waals surface area contributed by atoms with Gasteiger partial charge >= 0.3 is 0 Å². The van der Waals surface area contributed by atoms with E-state index in [0.29, 0.717) is 0 Å². The largest absolute Gasteiger partial charge is 0.300 e. The van der Waals surface area contributed by atoms with E-state index in [1.165, 1.54) is 21.6 Å². The van der Waals surface area contributed by atoms with Gasteiger partial charge in [-0.3, -0.25) is 5.32 Å². The Morgan fingerprint density at radius 3 is 1.96 bits per heavy atom. The van der Waals surface area contributed by atoms with Crippen LogP contribution in [0.2, 0.25) is 0 Å². The minimum Gasteiger partial charge on any atom is -0.300 e. The molecule has 0 aliphatic carbocycles. The summed E-state index contributed by atoms with van der Waals surface area (Å²) in [7, 11) is 0. The first-order valence-corrected chi connectivity index (χ1v) is 9.85. The van der Waals surface area contributed by atoms with Gasteiger partial charge in [-0.15, -0.1) is 11.8 Å². The molecule has 2 heteroatoms. The van der Waals surface area contributed by atoms with Crippen LogP contribution in [0.3, 0.4) is 0 Å². The molecule has 3 aromatic carbocycles. The van der Waals surface area contributed by atoms with Gasteiger partial charge in [0, 0.05) is 10.9 Å². The van der Waals surface area contributed by atoms with Gasteiger partial charge in [-0.25, -0.2) is 0 Å². The lowest BCUT2D eigenvalue weighted by molar-refractivity contribution is 0.512. The first kappa shape index (κ1) is 17.8. The Morgan fingerprint density at radius 1 is 0.760 bits per heavy atom. The topological polar surface area (TPSA) is 12.0 Å². The maximum Gasteiger partial charge on any atom is 0.0592 e. The fourth-order valence-electron chi connectivity index (χ4n) is 3.10. The van der Waals surface area contributed by atoms with Crippen LogP contribution >= 0.6 is 11.8 Å². The van der Waals surface area contributed by atoms with Crippen LogP contribution in [-0.4, -0.2) is 5.75 Å². The Hall–Kier alpha value is -2.03. The summed E-state index contributed by atoms with van der Waals surface area (Å²) in [5, 5.41) is 3.85. The first-order chi connectivity index (χ1) is 12.3. The Bertz CT molecular complexity index is 770. The molecule has 0 aromatic heterocycles. The van der Waals surface area contributed by atoms with Gasteiger partial charge in [0.2, 0.25) is 0 Å². The summed E-state index contributed by atoms with van der Waals surface area (Å²) < 4.78 is 0. The summed E-state index contributed by atoms with van der Waals surface area (Å²) >= 11 is 1.91. The summed E-state index contributed by atoms with van der Waals surface area (Å²) in [6.45, 7) is 4.44. The number of nitrogens with one attached hydrogen (secondary N) is 1. The van der Waals surface area contributed by atoms with Crippen LogP contribution in [0.5, 0.6) is 0 Å². The van der Waals surface area contributed by atoms with Crippen molar-refractivity contribution in [2.75, 3.05) is 5.75 Å². The van der Waals surface area contributed by atoms with Crippen LogP contribution in [0.4, 0.5) is 0 Å². The highest BCUT2D eigenvalue weighted by molar-refractivity contribution is 7.99. The van der Waals surface area contributed by atoms with Gasteiger partial charge in [0.25, 0.3) is 0 Å². The Balaban J connectivity index is 1.97. The zero-order chi connectivity index (χ0) is 17.5. The van der Waals surface area contributed by atoms with Crippen LogP contribution in [0.1, 0.15) is 42.6 Å². The molecule has 0 spiro atoms. The summed E-state index contributed by atoms with van der Waals surface area (Å²) in [5.41, 5.74) is 3.96. The van der Waals surface area contributed by atoms with Gasteiger partial charge in [-0.05, 0) is 35.4 Å². The highest BCUT2D eigenvalue weighted by Crippen LogP contribution is 2.33. The lowest BCUT2D eigenvalue weighted by Gasteiger charge is -2.26. The molecule has 0 aliphatic rings. The summed E-state index contributed by atoms with van der Waals surface area (Å²) in [6, 6.07) is 30.6. The molecule has 1 unspecified atom stereocenters. The summed E-state index contributed by atoms with van der Waals surface area (Å²) in [4.78, 5) is 1.35. The molecule has 0 aliphatic heterocycles. The minimum atomic E-state index is 0.173. The van der Waals surface area contributed by atoms with Crippen LogP contribution in [0.15, 0.2) is 89.8 Å². The van der Waals surface area contributed by atoms with E-state index in [-0.39, 0.29) is 12.1 Å². The van der Waals surface area contributed by atoms with E-state index in [2.05, 4.69) is 104 Å². The molecule has 0 amide bonds. The van der Waals surface area contributed by atoms with Crippen LogP contribution in [-0.2, 0) is 0 Å². The second kappa shape index (κ2) is 8.89. The third-order valence-electron chi connectivity index (χ3n) is 4.38. The zero-order valence-corrected chi connectivity index (χ0v) is 15.7. The van der Waals surface area contributed by atoms with Gasteiger partial charge in [-0.1, -0.05) is 85.8 Å². The Morgan fingerprint density at radius 2 is 1.32 bits per heavy atom. The van der Waals surface area contributed by atoms with Crippen molar-refractivity contribution in [3.05, 3.63) is 102 Å². The van der Waals surface area contributed by atoms with E-state index in [1.807, 2.05) is 11.8 Å². The maximum atomic E-state index is 3.85. The Labute approximate surface area is 155 Å². The summed E-state index contributed by atoms with van der Waals surface area (Å²) in [5.74, 6) is 1.08. The van der Waals surface area contributed by atoms with Gasteiger partial charge in [0.15, 0.2) is 0 Å². The average Bonchev–Trinajstić information content (AvgIpc) is 2.68. The van der Waals surface area contributed by atoms with Crippen molar-refractivity contribution in [3.8, 4) is 0 Å². The predicted molar refractivity (Wildman–Crippen MR) is 109 cm³/mol. The van der Waals surface area contributed by atoms with E-state index < -0.39 is 0 Å². The molecule has 0 fully saturated rings. The summed E-state index contributed by atoms with van der Waals surface area (Å²) in [6.07, 6.45) is 0. The van der Waals surface area contributed by atoms with Crippen LogP contribution in [0.25, 0.3) is 0 Å². The average molecular weight is 348 g/mol. The number of benzene rings is 3. The number of rotatable bonds is 7. The molecule has 128 valence electrons. The smallest absolute Gasteiger partial charge is 0.0592 e. The first-order valence-electron chi connectivity index (χ1n) is 8.87. The molecule has 0 bridgehead atoms. The van der Waals surface area contributed by atoms with Crippen molar-refractivity contribution >= 4 is 11.8 Å².